The van der Waals surface area contributed by atoms with Gasteiger partial charge in [-0.3, -0.25) is 9.48 Å². The Morgan fingerprint density at radius 3 is 2.68 bits per heavy atom. The fourth-order valence-corrected chi connectivity index (χ4v) is 2.45. The molecule has 0 saturated heterocycles. The number of carbonyl (C=O) groups is 1. The highest BCUT2D eigenvalue weighted by Gasteiger charge is 2.11. The van der Waals surface area contributed by atoms with Crippen LogP contribution in [0.25, 0.3) is 0 Å². The summed E-state index contributed by atoms with van der Waals surface area (Å²) < 4.78 is 2.89. The summed E-state index contributed by atoms with van der Waals surface area (Å²) in [7, 11) is 1.84. The highest BCUT2D eigenvalue weighted by atomic mass is 79.9. The first kappa shape index (κ1) is 16.7. The van der Waals surface area contributed by atoms with E-state index < -0.39 is 0 Å². The molecule has 1 aromatic carbocycles. The zero-order valence-corrected chi connectivity index (χ0v) is 14.4. The van der Waals surface area contributed by atoms with Crippen molar-refractivity contribution in [3.8, 4) is 0 Å². The van der Waals surface area contributed by atoms with Crippen molar-refractivity contribution in [1.82, 2.24) is 15.1 Å². The predicted molar refractivity (Wildman–Crippen MR) is 91.8 cm³/mol. The van der Waals surface area contributed by atoms with Crippen LogP contribution in [0, 0.1) is 5.92 Å². The maximum Gasteiger partial charge on any atom is 0.228 e. The Morgan fingerprint density at radius 1 is 1.36 bits per heavy atom. The predicted octanol–water partition coefficient (Wildman–Crippen LogP) is 2.68. The van der Waals surface area contributed by atoms with E-state index in [-0.39, 0.29) is 11.8 Å². The maximum atomic E-state index is 11.9. The Morgan fingerprint density at radius 2 is 2.09 bits per heavy atom. The minimum atomic E-state index is -0.0528. The Hall–Kier alpha value is -1.66. The molecule has 118 valence electrons. The molecule has 6 heteroatoms. The van der Waals surface area contributed by atoms with Crippen LogP contribution < -0.4 is 10.6 Å². The van der Waals surface area contributed by atoms with Gasteiger partial charge < -0.3 is 10.6 Å². The highest BCUT2D eigenvalue weighted by molar-refractivity contribution is 9.10. The molecule has 5 nitrogen and oxygen atoms in total. The SMILES string of the molecule is CNCC(C)C(=O)Nc1ccc(CCn2cc(Br)cn2)cc1. The van der Waals surface area contributed by atoms with Crippen LogP contribution in [0.3, 0.4) is 0 Å². The second-order valence-electron chi connectivity index (χ2n) is 5.32. The number of hydrogen-bond donors (Lipinski definition) is 2. The fourth-order valence-electron chi connectivity index (χ4n) is 2.12. The number of carbonyl (C=O) groups excluding carboxylic acids is 1. The topological polar surface area (TPSA) is 59.0 Å². The van der Waals surface area contributed by atoms with Crippen molar-refractivity contribution >= 4 is 27.5 Å². The van der Waals surface area contributed by atoms with Gasteiger partial charge in [0.25, 0.3) is 0 Å². The third-order valence-corrected chi connectivity index (χ3v) is 3.82. The summed E-state index contributed by atoms with van der Waals surface area (Å²) in [5.74, 6) is -0.0218. The van der Waals surface area contributed by atoms with Gasteiger partial charge in [0.05, 0.1) is 10.7 Å². The molecule has 0 aliphatic rings. The van der Waals surface area contributed by atoms with Crippen molar-refractivity contribution in [3.63, 3.8) is 0 Å². The lowest BCUT2D eigenvalue weighted by atomic mass is 10.1. The Kier molecular flexibility index (Phi) is 6.15. The summed E-state index contributed by atoms with van der Waals surface area (Å²) in [6.07, 6.45) is 4.64. The van der Waals surface area contributed by atoms with Crippen LogP contribution in [0.2, 0.25) is 0 Å². The quantitative estimate of drug-likeness (QED) is 0.793. The normalized spacial score (nSPS) is 12.1. The molecule has 0 spiro atoms. The van der Waals surface area contributed by atoms with Gasteiger partial charge in [0.2, 0.25) is 5.91 Å². The molecular weight excluding hydrogens is 344 g/mol. The lowest BCUT2D eigenvalue weighted by Crippen LogP contribution is -2.28. The summed E-state index contributed by atoms with van der Waals surface area (Å²) in [6.45, 7) is 3.41. The monoisotopic (exact) mass is 364 g/mol. The van der Waals surface area contributed by atoms with E-state index >= 15 is 0 Å². The third-order valence-electron chi connectivity index (χ3n) is 3.41. The molecule has 1 unspecified atom stereocenters. The Balaban J connectivity index is 1.86. The number of benzene rings is 1. The molecule has 0 saturated carbocycles. The number of nitrogens with zero attached hydrogens (tertiary/aromatic N) is 2. The smallest absolute Gasteiger partial charge is 0.228 e. The molecule has 1 aromatic heterocycles. The Bertz CT molecular complexity index is 609. The number of hydrogen-bond acceptors (Lipinski definition) is 3. The molecule has 0 aliphatic carbocycles. The van der Waals surface area contributed by atoms with Crippen LogP contribution in [0.4, 0.5) is 5.69 Å². The average Bonchev–Trinajstić information content (AvgIpc) is 2.92. The second kappa shape index (κ2) is 8.10. The van der Waals surface area contributed by atoms with Crippen LogP contribution >= 0.6 is 15.9 Å². The van der Waals surface area contributed by atoms with Crippen LogP contribution in [-0.2, 0) is 17.8 Å². The molecule has 0 fully saturated rings. The molecule has 0 radical (unpaired) electrons. The van der Waals surface area contributed by atoms with Gasteiger partial charge in [0.1, 0.15) is 0 Å². The number of anilines is 1. The molecule has 2 rings (SSSR count). The van der Waals surface area contributed by atoms with Crippen LogP contribution in [0.15, 0.2) is 41.1 Å². The number of halogens is 1. The van der Waals surface area contributed by atoms with Crippen molar-refractivity contribution in [1.29, 1.82) is 0 Å². The van der Waals surface area contributed by atoms with Crippen molar-refractivity contribution in [2.75, 3.05) is 18.9 Å². The molecular formula is C16H21BrN4O. The Labute approximate surface area is 139 Å². The van der Waals surface area contributed by atoms with E-state index in [0.717, 1.165) is 23.1 Å². The summed E-state index contributed by atoms with van der Waals surface area (Å²) in [4.78, 5) is 11.9. The summed E-state index contributed by atoms with van der Waals surface area (Å²) in [6, 6.07) is 7.96. The minimum absolute atomic E-state index is 0.0310. The number of aromatic nitrogens is 2. The van der Waals surface area contributed by atoms with E-state index in [1.165, 1.54) is 5.56 Å². The first-order valence-corrected chi connectivity index (χ1v) is 8.10. The minimum Gasteiger partial charge on any atom is -0.326 e. The van der Waals surface area contributed by atoms with Crippen LogP contribution in [0.5, 0.6) is 0 Å². The van der Waals surface area contributed by atoms with Gasteiger partial charge in [0.15, 0.2) is 0 Å². The van der Waals surface area contributed by atoms with Gasteiger partial charge in [0, 0.05) is 30.9 Å². The van der Waals surface area contributed by atoms with Gasteiger partial charge in [-0.05, 0) is 47.1 Å². The highest BCUT2D eigenvalue weighted by Crippen LogP contribution is 2.13. The molecule has 0 bridgehead atoms. The second-order valence-corrected chi connectivity index (χ2v) is 6.23. The number of aryl methyl sites for hydroxylation is 2. The fraction of sp³-hybridized carbons (Fsp3) is 0.375. The summed E-state index contributed by atoms with van der Waals surface area (Å²) in [5.41, 5.74) is 2.05. The van der Waals surface area contributed by atoms with E-state index in [4.69, 9.17) is 0 Å². The molecule has 1 heterocycles. The molecule has 22 heavy (non-hydrogen) atoms. The number of nitrogens with one attached hydrogen (secondary N) is 2. The van der Waals surface area contributed by atoms with Gasteiger partial charge >= 0.3 is 0 Å². The van der Waals surface area contributed by atoms with Gasteiger partial charge in [-0.15, -0.1) is 0 Å². The van der Waals surface area contributed by atoms with Gasteiger partial charge in [-0.2, -0.15) is 5.10 Å². The lowest BCUT2D eigenvalue weighted by Gasteiger charge is -2.12. The van der Waals surface area contributed by atoms with Crippen LogP contribution in [-0.4, -0.2) is 29.3 Å². The van der Waals surface area contributed by atoms with Crippen molar-refractivity contribution in [2.45, 2.75) is 19.9 Å². The standard InChI is InChI=1S/C16H21BrN4O/c1-12(9-18-2)16(22)20-15-5-3-13(4-6-15)7-8-21-11-14(17)10-19-21/h3-6,10-12,18H,7-9H2,1-2H3,(H,20,22). The maximum absolute atomic E-state index is 11.9. The lowest BCUT2D eigenvalue weighted by molar-refractivity contribution is -0.119. The van der Waals surface area contributed by atoms with E-state index in [2.05, 4.69) is 31.7 Å². The number of rotatable bonds is 7. The van der Waals surface area contributed by atoms with Crippen molar-refractivity contribution < 1.29 is 4.79 Å². The average molecular weight is 365 g/mol. The third kappa shape index (κ3) is 4.96. The van der Waals surface area contributed by atoms with E-state index in [0.29, 0.717) is 6.54 Å². The van der Waals surface area contributed by atoms with Gasteiger partial charge in [-0.1, -0.05) is 19.1 Å². The van der Waals surface area contributed by atoms with Crippen molar-refractivity contribution in [2.24, 2.45) is 5.92 Å². The largest absolute Gasteiger partial charge is 0.326 e. The van der Waals surface area contributed by atoms with E-state index in [9.17, 15) is 4.79 Å². The van der Waals surface area contributed by atoms with E-state index in [1.54, 1.807) is 6.20 Å². The zero-order valence-electron chi connectivity index (χ0n) is 12.8. The molecule has 2 N–H and O–H groups in total. The van der Waals surface area contributed by atoms with Crippen molar-refractivity contribution in [3.05, 3.63) is 46.7 Å². The first-order valence-electron chi connectivity index (χ1n) is 7.31. The van der Waals surface area contributed by atoms with Crippen LogP contribution in [0.1, 0.15) is 12.5 Å². The molecule has 0 aliphatic heterocycles. The first-order chi connectivity index (χ1) is 10.6. The van der Waals surface area contributed by atoms with Gasteiger partial charge in [-0.25, -0.2) is 0 Å². The summed E-state index contributed by atoms with van der Waals surface area (Å²) >= 11 is 3.39. The molecule has 1 amide bonds. The van der Waals surface area contributed by atoms with E-state index in [1.807, 2.05) is 49.1 Å². The number of amides is 1. The molecule has 1 atom stereocenters. The molecule has 2 aromatic rings. The zero-order chi connectivity index (χ0) is 15.9. The summed E-state index contributed by atoms with van der Waals surface area (Å²) in [5, 5.41) is 10.2.